The van der Waals surface area contributed by atoms with E-state index in [0.29, 0.717) is 28.3 Å². The van der Waals surface area contributed by atoms with Crippen LogP contribution in [0.5, 0.6) is 0 Å². The molecule has 2 rings (SSSR count). The van der Waals surface area contributed by atoms with Crippen molar-refractivity contribution < 1.29 is 31.3 Å². The van der Waals surface area contributed by atoms with Gasteiger partial charge < -0.3 is 0 Å². The molecular formula is C18H16ClF3N4O5S. The molecule has 0 atom stereocenters. The zero-order valence-electron chi connectivity index (χ0n) is 16.6. The van der Waals surface area contributed by atoms with Crippen LogP contribution >= 0.6 is 11.6 Å². The maximum Gasteiger partial charge on any atom is 0.416 e. The van der Waals surface area contributed by atoms with Crippen molar-refractivity contribution in [3.63, 3.8) is 0 Å². The number of hydrogen-bond donors (Lipinski definition) is 1. The summed E-state index contributed by atoms with van der Waals surface area (Å²) in [7, 11) is -4.21. The van der Waals surface area contributed by atoms with E-state index in [-0.39, 0.29) is 16.4 Å². The maximum absolute atomic E-state index is 13.0. The van der Waals surface area contributed by atoms with Gasteiger partial charge in [0.25, 0.3) is 11.6 Å². The molecule has 0 radical (unpaired) electrons. The van der Waals surface area contributed by atoms with Crippen LogP contribution in [0.3, 0.4) is 0 Å². The number of benzene rings is 2. The van der Waals surface area contributed by atoms with Crippen LogP contribution in [0.4, 0.5) is 24.5 Å². The summed E-state index contributed by atoms with van der Waals surface area (Å²) in [6.45, 7) is 0.531. The molecule has 0 aliphatic heterocycles. The SMILES string of the molecule is C/C(=N/NC(=O)CN(c1cc(C(F)(F)F)ccc1Cl)S(C)(=O)=O)c1cccc([N+](=O)[O-])c1. The summed E-state index contributed by atoms with van der Waals surface area (Å²) in [4.78, 5) is 22.5. The molecule has 172 valence electrons. The van der Waals surface area contributed by atoms with Crippen LogP contribution in [-0.4, -0.2) is 37.8 Å². The number of nitro benzene ring substituents is 1. The Bertz CT molecular complexity index is 1190. The van der Waals surface area contributed by atoms with E-state index >= 15 is 0 Å². The third-order valence-corrected chi connectivity index (χ3v) is 5.50. The molecule has 0 aliphatic rings. The number of nitrogens with zero attached hydrogens (tertiary/aromatic N) is 3. The van der Waals surface area contributed by atoms with E-state index in [9.17, 15) is 36.5 Å². The second-order valence-corrected chi connectivity index (χ2v) is 8.79. The lowest BCUT2D eigenvalue weighted by Crippen LogP contribution is -2.39. The van der Waals surface area contributed by atoms with E-state index in [4.69, 9.17) is 11.6 Å². The van der Waals surface area contributed by atoms with Crippen LogP contribution in [0, 0.1) is 10.1 Å². The first kappa shape index (κ1) is 25.1. The Morgan fingerprint density at radius 2 is 1.91 bits per heavy atom. The third kappa shape index (κ3) is 6.40. The molecule has 2 aromatic rings. The van der Waals surface area contributed by atoms with E-state index in [1.165, 1.54) is 31.2 Å². The van der Waals surface area contributed by atoms with Crippen molar-refractivity contribution in [2.75, 3.05) is 17.1 Å². The van der Waals surface area contributed by atoms with Gasteiger partial charge in [0, 0.05) is 17.7 Å². The predicted molar refractivity (Wildman–Crippen MR) is 112 cm³/mol. The second kappa shape index (κ2) is 9.53. The zero-order chi connectivity index (χ0) is 24.3. The lowest BCUT2D eigenvalue weighted by Gasteiger charge is -2.23. The molecule has 9 nitrogen and oxygen atoms in total. The summed E-state index contributed by atoms with van der Waals surface area (Å²) in [5.41, 5.74) is 0.685. The summed E-state index contributed by atoms with van der Waals surface area (Å²) in [6.07, 6.45) is -4.06. The fourth-order valence-electron chi connectivity index (χ4n) is 2.48. The van der Waals surface area contributed by atoms with Gasteiger partial charge in [0.15, 0.2) is 0 Å². The van der Waals surface area contributed by atoms with Gasteiger partial charge in [-0.15, -0.1) is 0 Å². The number of alkyl halides is 3. The number of carbonyl (C=O) groups excluding carboxylic acids is 1. The Morgan fingerprint density at radius 3 is 2.47 bits per heavy atom. The lowest BCUT2D eigenvalue weighted by molar-refractivity contribution is -0.384. The Kier molecular flexibility index (Phi) is 7.46. The number of hydrogen-bond acceptors (Lipinski definition) is 6. The highest BCUT2D eigenvalue weighted by molar-refractivity contribution is 7.92. The van der Waals surface area contributed by atoms with Gasteiger partial charge in [-0.05, 0) is 25.1 Å². The second-order valence-electron chi connectivity index (χ2n) is 6.47. The number of sulfonamides is 1. The highest BCUT2D eigenvalue weighted by Crippen LogP contribution is 2.36. The van der Waals surface area contributed by atoms with Crippen LogP contribution in [0.25, 0.3) is 0 Å². The molecule has 32 heavy (non-hydrogen) atoms. The molecule has 0 aliphatic carbocycles. The molecule has 1 amide bonds. The van der Waals surface area contributed by atoms with E-state index in [1.807, 2.05) is 0 Å². The number of amides is 1. The summed E-state index contributed by atoms with van der Waals surface area (Å²) in [5, 5.41) is 14.3. The summed E-state index contributed by atoms with van der Waals surface area (Å²) in [5.74, 6) is -0.978. The van der Waals surface area contributed by atoms with Crippen molar-refractivity contribution in [2.24, 2.45) is 5.10 Å². The van der Waals surface area contributed by atoms with Gasteiger partial charge >= 0.3 is 6.18 Å². The molecule has 0 saturated carbocycles. The van der Waals surface area contributed by atoms with Gasteiger partial charge in [-0.3, -0.25) is 19.2 Å². The predicted octanol–water partition coefficient (Wildman–Crippen LogP) is 3.57. The minimum atomic E-state index is -4.76. The molecule has 0 bridgehead atoms. The molecule has 14 heteroatoms. The first-order chi connectivity index (χ1) is 14.7. The standard InChI is InChI=1S/C18H16ClF3N4O5S/c1-11(12-4-3-5-14(8-12)26(28)29)23-24-17(27)10-25(32(2,30)31)16-9-13(18(20,21)22)6-7-15(16)19/h3-9H,10H2,1-2H3,(H,24,27)/b23-11-. The highest BCUT2D eigenvalue weighted by atomic mass is 35.5. The van der Waals surface area contributed by atoms with E-state index in [0.717, 1.165) is 6.07 Å². The first-order valence-corrected chi connectivity index (χ1v) is 10.8. The van der Waals surface area contributed by atoms with Gasteiger partial charge in [-0.1, -0.05) is 23.7 Å². The highest BCUT2D eigenvalue weighted by Gasteiger charge is 2.33. The van der Waals surface area contributed by atoms with Gasteiger partial charge in [0.05, 0.1) is 33.2 Å². The maximum atomic E-state index is 13.0. The van der Waals surface area contributed by atoms with E-state index in [1.54, 1.807) is 0 Å². The number of halogens is 4. The molecule has 1 N–H and O–H groups in total. The van der Waals surface area contributed by atoms with Gasteiger partial charge in [0.1, 0.15) is 6.54 Å². The topological polar surface area (TPSA) is 122 Å². The van der Waals surface area contributed by atoms with Crippen LogP contribution < -0.4 is 9.73 Å². The molecule has 0 heterocycles. The van der Waals surface area contributed by atoms with Crippen molar-refractivity contribution in [1.29, 1.82) is 0 Å². The minimum Gasteiger partial charge on any atom is -0.271 e. The Labute approximate surface area is 185 Å². The van der Waals surface area contributed by atoms with E-state index in [2.05, 4.69) is 10.5 Å². The Balaban J connectivity index is 2.28. The fraction of sp³-hybridized carbons (Fsp3) is 0.222. The van der Waals surface area contributed by atoms with Gasteiger partial charge in [-0.25, -0.2) is 13.8 Å². The molecule has 0 unspecified atom stereocenters. The number of carbonyl (C=O) groups is 1. The van der Waals surface area contributed by atoms with Crippen LogP contribution in [0.15, 0.2) is 47.6 Å². The summed E-state index contributed by atoms with van der Waals surface area (Å²) >= 11 is 5.89. The van der Waals surface area contributed by atoms with Crippen LogP contribution in [0.2, 0.25) is 5.02 Å². The number of nitro groups is 1. The van der Waals surface area contributed by atoms with Crippen molar-refractivity contribution in [3.05, 3.63) is 68.7 Å². The normalized spacial score (nSPS) is 12.4. The van der Waals surface area contributed by atoms with Gasteiger partial charge in [0.2, 0.25) is 10.0 Å². The van der Waals surface area contributed by atoms with Crippen LogP contribution in [-0.2, 0) is 21.0 Å². The Hall–Kier alpha value is -3.19. The Morgan fingerprint density at radius 1 is 1.25 bits per heavy atom. The molecule has 0 spiro atoms. The smallest absolute Gasteiger partial charge is 0.271 e. The molecule has 0 fully saturated rings. The molecule has 2 aromatic carbocycles. The van der Waals surface area contributed by atoms with Gasteiger partial charge in [-0.2, -0.15) is 18.3 Å². The third-order valence-electron chi connectivity index (χ3n) is 4.05. The monoisotopic (exact) mass is 492 g/mol. The van der Waals surface area contributed by atoms with Crippen molar-refractivity contribution in [1.82, 2.24) is 5.43 Å². The molecular weight excluding hydrogens is 477 g/mol. The fourth-order valence-corrected chi connectivity index (χ4v) is 3.61. The largest absolute Gasteiger partial charge is 0.416 e. The molecule has 0 aromatic heterocycles. The number of nitrogens with one attached hydrogen (secondary N) is 1. The first-order valence-electron chi connectivity index (χ1n) is 8.62. The van der Waals surface area contributed by atoms with Crippen molar-refractivity contribution in [3.8, 4) is 0 Å². The average molecular weight is 493 g/mol. The average Bonchev–Trinajstić information content (AvgIpc) is 2.69. The quantitative estimate of drug-likeness (QED) is 0.359. The minimum absolute atomic E-state index is 0.171. The van der Waals surface area contributed by atoms with E-state index < -0.39 is 44.8 Å². The summed E-state index contributed by atoms with van der Waals surface area (Å²) < 4.78 is 63.8. The molecule has 0 saturated heterocycles. The number of hydrazone groups is 1. The lowest BCUT2D eigenvalue weighted by atomic mass is 10.1. The summed E-state index contributed by atoms with van der Waals surface area (Å²) in [6, 6.07) is 7.47. The van der Waals surface area contributed by atoms with Crippen molar-refractivity contribution in [2.45, 2.75) is 13.1 Å². The van der Waals surface area contributed by atoms with Crippen LogP contribution in [0.1, 0.15) is 18.1 Å². The van der Waals surface area contributed by atoms with Crippen molar-refractivity contribution >= 4 is 44.6 Å². The number of rotatable bonds is 7. The number of anilines is 1. The number of non-ortho nitro benzene ring substituents is 1. The zero-order valence-corrected chi connectivity index (χ0v) is 18.1.